The van der Waals surface area contributed by atoms with E-state index in [0.29, 0.717) is 5.13 Å². The molecular weight excluding hydrogens is 350 g/mol. The Labute approximate surface area is 154 Å². The van der Waals surface area contributed by atoms with Crippen LogP contribution >= 0.6 is 11.3 Å². The number of methoxy groups -OCH3 is 1. The van der Waals surface area contributed by atoms with E-state index in [9.17, 15) is 10.1 Å². The first-order valence-corrected chi connectivity index (χ1v) is 8.91. The summed E-state index contributed by atoms with van der Waals surface area (Å²) in [7, 11) is 1.66. The van der Waals surface area contributed by atoms with E-state index in [0.717, 1.165) is 35.4 Å². The molecule has 2 aromatic carbocycles. The second kappa shape index (κ2) is 6.68. The predicted octanol–water partition coefficient (Wildman–Crippen LogP) is 4.58. The molecule has 0 spiro atoms. The fourth-order valence-corrected chi connectivity index (χ4v) is 3.87. The number of non-ortho nitro benzene ring substituents is 1. The van der Waals surface area contributed by atoms with Gasteiger partial charge in [-0.1, -0.05) is 17.4 Å². The van der Waals surface area contributed by atoms with Crippen molar-refractivity contribution in [2.45, 2.75) is 12.8 Å². The van der Waals surface area contributed by atoms with Crippen LogP contribution in [0.2, 0.25) is 0 Å². The van der Waals surface area contributed by atoms with Gasteiger partial charge in [-0.05, 0) is 48.2 Å². The minimum absolute atomic E-state index is 0.0671. The van der Waals surface area contributed by atoms with Gasteiger partial charge in [-0.25, -0.2) is 9.98 Å². The monoisotopic (exact) mass is 365 g/mol. The van der Waals surface area contributed by atoms with Gasteiger partial charge in [-0.2, -0.15) is 0 Å². The summed E-state index contributed by atoms with van der Waals surface area (Å²) < 4.78 is 5.33. The summed E-state index contributed by atoms with van der Waals surface area (Å²) in [6, 6.07) is 12.4. The Morgan fingerprint density at radius 2 is 2.04 bits per heavy atom. The second-order valence-corrected chi connectivity index (χ2v) is 6.96. The van der Waals surface area contributed by atoms with Crippen LogP contribution in [0.3, 0.4) is 0 Å². The molecule has 0 atom stereocenters. The second-order valence-electron chi connectivity index (χ2n) is 5.90. The van der Waals surface area contributed by atoms with Crippen LogP contribution in [0.25, 0.3) is 11.3 Å². The van der Waals surface area contributed by atoms with Gasteiger partial charge in [-0.3, -0.25) is 10.1 Å². The highest BCUT2D eigenvalue weighted by Crippen LogP contribution is 2.40. The van der Waals surface area contributed by atoms with Crippen molar-refractivity contribution in [2.24, 2.45) is 4.99 Å². The first-order chi connectivity index (χ1) is 12.6. The highest BCUT2D eigenvalue weighted by molar-refractivity contribution is 7.15. The zero-order valence-corrected chi connectivity index (χ0v) is 14.8. The van der Waals surface area contributed by atoms with Crippen LogP contribution in [-0.4, -0.2) is 23.2 Å². The normalized spacial score (nSPS) is 12.7. The van der Waals surface area contributed by atoms with E-state index in [1.165, 1.54) is 22.6 Å². The summed E-state index contributed by atoms with van der Waals surface area (Å²) in [6.07, 6.45) is 3.62. The number of aliphatic imine (C=N–C) groups is 1. The predicted molar refractivity (Wildman–Crippen MR) is 102 cm³/mol. The number of fused-ring (bicyclic) bond motifs is 3. The van der Waals surface area contributed by atoms with Gasteiger partial charge in [0.2, 0.25) is 5.13 Å². The fraction of sp³-hybridized carbons (Fsp3) is 0.158. The van der Waals surface area contributed by atoms with Crippen LogP contribution in [0.15, 0.2) is 47.5 Å². The fourth-order valence-electron chi connectivity index (χ4n) is 2.96. The Balaban J connectivity index is 1.62. The van der Waals surface area contributed by atoms with Gasteiger partial charge in [0.05, 0.1) is 17.7 Å². The van der Waals surface area contributed by atoms with Crippen molar-refractivity contribution in [3.63, 3.8) is 0 Å². The van der Waals surface area contributed by atoms with Crippen LogP contribution < -0.4 is 4.74 Å². The molecule has 4 rings (SSSR count). The summed E-state index contributed by atoms with van der Waals surface area (Å²) in [5, 5.41) is 11.4. The molecule has 7 heteroatoms. The lowest BCUT2D eigenvalue weighted by molar-refractivity contribution is -0.384. The van der Waals surface area contributed by atoms with E-state index in [4.69, 9.17) is 4.74 Å². The number of aromatic nitrogens is 1. The van der Waals surface area contributed by atoms with E-state index >= 15 is 0 Å². The van der Waals surface area contributed by atoms with Gasteiger partial charge in [-0.15, -0.1) is 0 Å². The van der Waals surface area contributed by atoms with Gasteiger partial charge in [0.15, 0.2) is 0 Å². The first kappa shape index (κ1) is 16.4. The molecule has 1 heterocycles. The number of ether oxygens (including phenoxy) is 1. The van der Waals surface area contributed by atoms with E-state index in [-0.39, 0.29) is 5.69 Å². The molecule has 26 heavy (non-hydrogen) atoms. The molecule has 6 nitrogen and oxygen atoms in total. The number of aryl methyl sites for hydroxylation is 2. The van der Waals surface area contributed by atoms with Crippen molar-refractivity contribution in [1.82, 2.24) is 4.98 Å². The summed E-state index contributed by atoms with van der Waals surface area (Å²) in [5.41, 5.74) is 4.22. The maximum atomic E-state index is 10.7. The third kappa shape index (κ3) is 3.09. The molecule has 130 valence electrons. The standard InChI is InChI=1S/C19H15N3O3S/c1-25-15-8-4-13-5-9-17-18(16(13)10-15)21-19(26-17)20-11-12-2-6-14(7-3-12)22(23)24/h2-4,6-8,10-11H,5,9H2,1H3/b20-11+. The molecule has 0 bridgehead atoms. The topological polar surface area (TPSA) is 77.6 Å². The van der Waals surface area contributed by atoms with E-state index < -0.39 is 4.92 Å². The molecule has 3 aromatic rings. The van der Waals surface area contributed by atoms with Crippen molar-refractivity contribution in [2.75, 3.05) is 7.11 Å². The van der Waals surface area contributed by atoms with Crippen molar-refractivity contribution in [1.29, 1.82) is 0 Å². The maximum Gasteiger partial charge on any atom is 0.269 e. The Bertz CT molecular complexity index is 1010. The van der Waals surface area contributed by atoms with Crippen molar-refractivity contribution in [3.8, 4) is 17.0 Å². The lowest BCUT2D eigenvalue weighted by Crippen LogP contribution is -2.02. The molecular formula is C19H15N3O3S. The third-order valence-corrected chi connectivity index (χ3v) is 5.33. The quantitative estimate of drug-likeness (QED) is 0.385. The van der Waals surface area contributed by atoms with Crippen molar-refractivity contribution < 1.29 is 9.66 Å². The number of rotatable bonds is 4. The van der Waals surface area contributed by atoms with E-state index in [2.05, 4.69) is 16.0 Å². The van der Waals surface area contributed by atoms with Crippen LogP contribution in [-0.2, 0) is 12.8 Å². The Morgan fingerprint density at radius 3 is 2.77 bits per heavy atom. The zero-order valence-electron chi connectivity index (χ0n) is 14.0. The molecule has 0 unspecified atom stereocenters. The van der Waals surface area contributed by atoms with Crippen LogP contribution in [0, 0.1) is 10.1 Å². The van der Waals surface area contributed by atoms with Crippen molar-refractivity contribution in [3.05, 3.63) is 68.6 Å². The van der Waals surface area contributed by atoms with E-state index in [1.54, 1.807) is 36.8 Å². The van der Waals surface area contributed by atoms with Gasteiger partial charge in [0.1, 0.15) is 5.75 Å². The summed E-state index contributed by atoms with van der Waals surface area (Å²) in [5.74, 6) is 0.820. The molecule has 0 fully saturated rings. The molecule has 1 aromatic heterocycles. The Hall–Kier alpha value is -3.06. The molecule has 0 aliphatic heterocycles. The Morgan fingerprint density at radius 1 is 1.23 bits per heavy atom. The largest absolute Gasteiger partial charge is 0.497 e. The number of benzene rings is 2. The van der Waals surface area contributed by atoms with Gasteiger partial charge < -0.3 is 4.74 Å². The average Bonchev–Trinajstić information content (AvgIpc) is 3.10. The number of thiazole rings is 1. The zero-order chi connectivity index (χ0) is 18.1. The molecule has 0 N–H and O–H groups in total. The first-order valence-electron chi connectivity index (χ1n) is 8.09. The smallest absolute Gasteiger partial charge is 0.269 e. The number of hydrogen-bond acceptors (Lipinski definition) is 6. The van der Waals surface area contributed by atoms with Crippen LogP contribution in [0.1, 0.15) is 16.0 Å². The highest BCUT2D eigenvalue weighted by Gasteiger charge is 2.21. The molecule has 0 amide bonds. The Kier molecular flexibility index (Phi) is 4.22. The molecule has 0 radical (unpaired) electrons. The highest BCUT2D eigenvalue weighted by atomic mass is 32.1. The number of hydrogen-bond donors (Lipinski definition) is 0. The van der Waals surface area contributed by atoms with Gasteiger partial charge in [0, 0.05) is 28.8 Å². The van der Waals surface area contributed by atoms with Gasteiger partial charge in [0.25, 0.3) is 5.69 Å². The number of nitro benzene ring substituents is 1. The van der Waals surface area contributed by atoms with Crippen LogP contribution in [0.4, 0.5) is 10.8 Å². The van der Waals surface area contributed by atoms with Crippen molar-refractivity contribution >= 4 is 28.4 Å². The lowest BCUT2D eigenvalue weighted by atomic mass is 9.93. The summed E-state index contributed by atoms with van der Waals surface area (Å²) in [4.78, 5) is 20.7. The summed E-state index contributed by atoms with van der Waals surface area (Å²) in [6.45, 7) is 0. The molecule has 1 aliphatic rings. The SMILES string of the molecule is COc1ccc2c(c1)-c1nc(/N=C/c3ccc([N+](=O)[O-])cc3)sc1CC2. The lowest BCUT2D eigenvalue weighted by Gasteiger charge is -2.15. The molecule has 0 saturated heterocycles. The number of nitrogens with zero attached hydrogens (tertiary/aromatic N) is 3. The van der Waals surface area contributed by atoms with E-state index in [1.807, 2.05) is 12.1 Å². The van der Waals surface area contributed by atoms with Crippen LogP contribution in [0.5, 0.6) is 5.75 Å². The minimum Gasteiger partial charge on any atom is -0.497 e. The average molecular weight is 365 g/mol. The third-order valence-electron chi connectivity index (χ3n) is 4.31. The van der Waals surface area contributed by atoms with Gasteiger partial charge >= 0.3 is 0 Å². The maximum absolute atomic E-state index is 10.7. The minimum atomic E-state index is -0.415. The molecule has 1 aliphatic carbocycles. The molecule has 0 saturated carbocycles. The number of nitro groups is 1. The summed E-state index contributed by atoms with van der Waals surface area (Å²) >= 11 is 1.58.